The number of benzene rings is 1. The largest absolute Gasteiger partial charge is 0.465 e. The Bertz CT molecular complexity index is 680. The van der Waals surface area contributed by atoms with Crippen LogP contribution in [0.1, 0.15) is 6.42 Å². The Balaban J connectivity index is 2.38. The highest BCUT2D eigenvalue weighted by Gasteiger charge is 2.25. The highest BCUT2D eigenvalue weighted by atomic mass is 16.4. The lowest BCUT2D eigenvalue weighted by molar-refractivity contribution is -0.119. The summed E-state index contributed by atoms with van der Waals surface area (Å²) in [5.41, 5.74) is 5.39. The highest BCUT2D eigenvalue weighted by molar-refractivity contribution is 6.16. The van der Waals surface area contributed by atoms with E-state index in [-0.39, 0.29) is 12.0 Å². The van der Waals surface area contributed by atoms with Gasteiger partial charge in [-0.2, -0.15) is 0 Å². The third kappa shape index (κ3) is 2.59. The SMILES string of the molecule is NC(=O)C(CC1=c2ccccc2=NC1=O)NC(=O)O. The van der Waals surface area contributed by atoms with E-state index in [1.165, 1.54) is 0 Å². The highest BCUT2D eigenvalue weighted by Crippen LogP contribution is 2.09. The summed E-state index contributed by atoms with van der Waals surface area (Å²) in [7, 11) is 0. The van der Waals surface area contributed by atoms with Crippen LogP contribution in [0.5, 0.6) is 0 Å². The Kier molecular flexibility index (Phi) is 3.28. The molecule has 7 heteroatoms. The fourth-order valence-corrected chi connectivity index (χ4v) is 1.89. The van der Waals surface area contributed by atoms with Gasteiger partial charge >= 0.3 is 6.09 Å². The summed E-state index contributed by atoms with van der Waals surface area (Å²) in [5, 5.41) is 11.7. The fraction of sp³-hybridized carbons (Fsp3) is 0.167. The first kappa shape index (κ1) is 12.7. The average Bonchev–Trinajstić information content (AvgIpc) is 2.64. The molecule has 0 aliphatic carbocycles. The molecule has 0 radical (unpaired) electrons. The number of carbonyl (C=O) groups excluding carboxylic acids is 2. The summed E-state index contributed by atoms with van der Waals surface area (Å²) in [6.45, 7) is 0. The molecule has 0 saturated carbocycles. The number of primary amides is 1. The lowest BCUT2D eigenvalue weighted by atomic mass is 10.0. The Morgan fingerprint density at radius 2 is 2.05 bits per heavy atom. The van der Waals surface area contributed by atoms with E-state index in [1.54, 1.807) is 24.3 Å². The molecule has 19 heavy (non-hydrogen) atoms. The molecule has 1 aromatic rings. The summed E-state index contributed by atoms with van der Waals surface area (Å²) in [6, 6.07) is 5.68. The van der Waals surface area contributed by atoms with Gasteiger partial charge in [0.1, 0.15) is 6.04 Å². The van der Waals surface area contributed by atoms with Gasteiger partial charge in [0.2, 0.25) is 5.91 Å². The zero-order valence-electron chi connectivity index (χ0n) is 9.79. The second kappa shape index (κ2) is 4.89. The van der Waals surface area contributed by atoms with Crippen LogP contribution in [0.4, 0.5) is 4.79 Å². The number of para-hydroxylation sites is 1. The van der Waals surface area contributed by atoms with E-state index in [2.05, 4.69) is 4.99 Å². The fourth-order valence-electron chi connectivity index (χ4n) is 1.89. The Labute approximate surface area is 107 Å². The zero-order chi connectivity index (χ0) is 14.0. The summed E-state index contributed by atoms with van der Waals surface area (Å²) in [5.74, 6) is -1.31. The lowest BCUT2D eigenvalue weighted by Crippen LogP contribution is -2.44. The third-order valence-electron chi connectivity index (χ3n) is 2.76. The predicted molar refractivity (Wildman–Crippen MR) is 64.4 cm³/mol. The maximum Gasteiger partial charge on any atom is 0.405 e. The smallest absolute Gasteiger partial charge is 0.405 e. The standard InChI is InChI=1S/C12H11N3O4/c13-10(16)9(15-12(18)19)5-7-6-3-1-2-4-8(6)14-11(7)17/h1-4,9,15H,5H2,(H2,13,16)(H,18,19). The number of amides is 3. The molecule has 98 valence electrons. The molecule has 0 fully saturated rings. The van der Waals surface area contributed by atoms with E-state index in [4.69, 9.17) is 10.8 Å². The van der Waals surface area contributed by atoms with Gasteiger partial charge in [0, 0.05) is 17.2 Å². The average molecular weight is 261 g/mol. The second-order valence-electron chi connectivity index (χ2n) is 4.02. The van der Waals surface area contributed by atoms with Crippen LogP contribution in [0.25, 0.3) is 5.57 Å². The van der Waals surface area contributed by atoms with Gasteiger partial charge in [-0.05, 0) is 6.07 Å². The van der Waals surface area contributed by atoms with Gasteiger partial charge in [-0.15, -0.1) is 0 Å². The lowest BCUT2D eigenvalue weighted by Gasteiger charge is -2.12. The van der Waals surface area contributed by atoms with Crippen molar-refractivity contribution in [3.8, 4) is 0 Å². The minimum absolute atomic E-state index is 0.110. The summed E-state index contributed by atoms with van der Waals surface area (Å²) in [6.07, 6.45) is -1.49. The molecule has 0 saturated heterocycles. The molecule has 4 N–H and O–H groups in total. The van der Waals surface area contributed by atoms with Crippen LogP contribution in [-0.4, -0.2) is 29.1 Å². The van der Waals surface area contributed by atoms with Gasteiger partial charge in [-0.25, -0.2) is 9.79 Å². The molecule has 1 atom stereocenters. The van der Waals surface area contributed by atoms with Crippen molar-refractivity contribution in [3.05, 3.63) is 34.8 Å². The van der Waals surface area contributed by atoms with E-state index in [0.717, 1.165) is 0 Å². The molecule has 1 unspecified atom stereocenters. The second-order valence-corrected chi connectivity index (χ2v) is 4.02. The summed E-state index contributed by atoms with van der Waals surface area (Å²) in [4.78, 5) is 37.3. The maximum atomic E-state index is 11.7. The number of nitrogens with two attached hydrogens (primary N) is 1. The first-order chi connectivity index (χ1) is 8.99. The van der Waals surface area contributed by atoms with Crippen molar-refractivity contribution in [1.29, 1.82) is 0 Å². The Morgan fingerprint density at radius 1 is 1.37 bits per heavy atom. The number of carboxylic acid groups (broad SMARTS) is 1. The van der Waals surface area contributed by atoms with Crippen LogP contribution in [-0.2, 0) is 9.59 Å². The Hall–Kier alpha value is -2.70. The molecule has 3 amide bonds. The summed E-state index contributed by atoms with van der Waals surface area (Å²) < 4.78 is 0. The first-order valence-corrected chi connectivity index (χ1v) is 5.49. The molecule has 0 aromatic heterocycles. The van der Waals surface area contributed by atoms with Crippen LogP contribution in [0.2, 0.25) is 0 Å². The number of fused-ring (bicyclic) bond motifs is 1. The number of carbonyl (C=O) groups is 3. The molecular formula is C12H11N3O4. The molecular weight excluding hydrogens is 250 g/mol. The molecule has 0 spiro atoms. The van der Waals surface area contributed by atoms with Crippen molar-refractivity contribution in [2.24, 2.45) is 10.7 Å². The Morgan fingerprint density at radius 3 is 2.68 bits per heavy atom. The van der Waals surface area contributed by atoms with Crippen LogP contribution in [0, 0.1) is 0 Å². The van der Waals surface area contributed by atoms with Crippen LogP contribution < -0.4 is 21.6 Å². The minimum Gasteiger partial charge on any atom is -0.465 e. The topological polar surface area (TPSA) is 122 Å². The third-order valence-corrected chi connectivity index (χ3v) is 2.76. The van der Waals surface area contributed by atoms with Gasteiger partial charge in [0.05, 0.1) is 5.36 Å². The monoisotopic (exact) mass is 261 g/mol. The van der Waals surface area contributed by atoms with E-state index < -0.39 is 23.9 Å². The quantitative estimate of drug-likeness (QED) is 0.611. The van der Waals surface area contributed by atoms with Crippen molar-refractivity contribution in [3.63, 3.8) is 0 Å². The number of nitrogens with zero attached hydrogens (tertiary/aromatic N) is 1. The molecule has 1 aromatic carbocycles. The van der Waals surface area contributed by atoms with E-state index in [9.17, 15) is 14.4 Å². The molecule has 1 aliphatic heterocycles. The van der Waals surface area contributed by atoms with E-state index >= 15 is 0 Å². The minimum atomic E-state index is -1.37. The van der Waals surface area contributed by atoms with Crippen molar-refractivity contribution in [2.75, 3.05) is 0 Å². The van der Waals surface area contributed by atoms with E-state index in [0.29, 0.717) is 10.6 Å². The molecule has 1 heterocycles. The van der Waals surface area contributed by atoms with Crippen LogP contribution >= 0.6 is 0 Å². The molecule has 7 nitrogen and oxygen atoms in total. The normalized spacial score (nSPS) is 14.5. The van der Waals surface area contributed by atoms with Crippen LogP contribution in [0.15, 0.2) is 29.3 Å². The molecule has 1 aliphatic rings. The zero-order valence-corrected chi connectivity index (χ0v) is 9.79. The number of rotatable bonds is 4. The van der Waals surface area contributed by atoms with Crippen LogP contribution in [0.3, 0.4) is 0 Å². The van der Waals surface area contributed by atoms with Gasteiger partial charge < -0.3 is 16.2 Å². The van der Waals surface area contributed by atoms with Crippen molar-refractivity contribution in [1.82, 2.24) is 5.32 Å². The van der Waals surface area contributed by atoms with Gasteiger partial charge in [-0.1, -0.05) is 18.2 Å². The number of hydrogen-bond donors (Lipinski definition) is 3. The first-order valence-electron chi connectivity index (χ1n) is 5.49. The maximum absolute atomic E-state index is 11.7. The van der Waals surface area contributed by atoms with E-state index in [1.807, 2.05) is 5.32 Å². The molecule has 0 bridgehead atoms. The van der Waals surface area contributed by atoms with Crippen molar-refractivity contribution in [2.45, 2.75) is 12.5 Å². The summed E-state index contributed by atoms with van der Waals surface area (Å²) >= 11 is 0. The number of hydrogen-bond acceptors (Lipinski definition) is 3. The predicted octanol–water partition coefficient (Wildman–Crippen LogP) is -1.49. The van der Waals surface area contributed by atoms with Crippen molar-refractivity contribution < 1.29 is 19.5 Å². The number of nitrogens with one attached hydrogen (secondary N) is 1. The van der Waals surface area contributed by atoms with Crippen molar-refractivity contribution >= 4 is 23.5 Å². The van der Waals surface area contributed by atoms with Gasteiger partial charge in [0.15, 0.2) is 0 Å². The molecule has 2 rings (SSSR count). The van der Waals surface area contributed by atoms with Gasteiger partial charge in [0.25, 0.3) is 5.91 Å². The van der Waals surface area contributed by atoms with Gasteiger partial charge in [-0.3, -0.25) is 9.59 Å².